The first-order chi connectivity index (χ1) is 19.1. The van der Waals surface area contributed by atoms with Crippen molar-refractivity contribution in [3.63, 3.8) is 0 Å². The van der Waals surface area contributed by atoms with E-state index in [0.717, 1.165) is 23.6 Å². The number of piperidine rings is 1. The van der Waals surface area contributed by atoms with E-state index in [1.54, 1.807) is 48.5 Å². The molecule has 3 aromatic rings. The standard InChI is InChI=1S/C28H33N3O7S2/c1-30(39(33,34)26-14-10-24(37-2)11-15-26)23-8-6-22(7-9-23)28(32)29-18-21-38-25-12-16-27(17-13-25)40(35,36)31-19-4-3-5-20-31/h6-17H,3-5,18-21H2,1-2H3,(H,29,32). The number of ether oxygens (including phenoxy) is 2. The topological polar surface area (TPSA) is 122 Å². The molecule has 0 aromatic heterocycles. The van der Waals surface area contributed by atoms with Gasteiger partial charge in [0.05, 0.1) is 29.1 Å². The van der Waals surface area contributed by atoms with Crippen molar-refractivity contribution in [2.45, 2.75) is 29.1 Å². The maximum absolute atomic E-state index is 12.9. The molecular weight excluding hydrogens is 554 g/mol. The molecule has 1 amide bonds. The van der Waals surface area contributed by atoms with Gasteiger partial charge in [0.15, 0.2) is 0 Å². The quantitative estimate of drug-likeness (QED) is 0.341. The molecule has 1 fully saturated rings. The Labute approximate surface area is 235 Å². The highest BCUT2D eigenvalue weighted by molar-refractivity contribution is 7.92. The van der Waals surface area contributed by atoms with Crippen LogP contribution >= 0.6 is 0 Å². The van der Waals surface area contributed by atoms with Crippen molar-refractivity contribution in [1.29, 1.82) is 0 Å². The van der Waals surface area contributed by atoms with E-state index in [4.69, 9.17) is 9.47 Å². The highest BCUT2D eigenvalue weighted by Crippen LogP contribution is 2.25. The van der Waals surface area contributed by atoms with Gasteiger partial charge < -0.3 is 14.8 Å². The van der Waals surface area contributed by atoms with Gasteiger partial charge >= 0.3 is 0 Å². The predicted molar refractivity (Wildman–Crippen MR) is 152 cm³/mol. The van der Waals surface area contributed by atoms with Crippen LogP contribution in [0.3, 0.4) is 0 Å². The molecule has 1 heterocycles. The first-order valence-electron chi connectivity index (χ1n) is 12.9. The van der Waals surface area contributed by atoms with Crippen LogP contribution in [0.4, 0.5) is 5.69 Å². The third-order valence-electron chi connectivity index (χ3n) is 6.64. The highest BCUT2D eigenvalue weighted by atomic mass is 32.2. The Bertz CT molecular complexity index is 1500. The molecule has 10 nitrogen and oxygen atoms in total. The summed E-state index contributed by atoms with van der Waals surface area (Å²) in [7, 11) is -4.33. The van der Waals surface area contributed by atoms with E-state index in [9.17, 15) is 21.6 Å². The molecule has 3 aromatic carbocycles. The predicted octanol–water partition coefficient (Wildman–Crippen LogP) is 3.50. The van der Waals surface area contributed by atoms with Crippen LogP contribution in [0.2, 0.25) is 0 Å². The SMILES string of the molecule is COc1ccc(S(=O)(=O)N(C)c2ccc(C(=O)NCCOc3ccc(S(=O)(=O)N4CCCCC4)cc3)cc2)cc1. The van der Waals surface area contributed by atoms with Crippen LogP contribution in [-0.2, 0) is 20.0 Å². The fourth-order valence-corrected chi connectivity index (χ4v) is 6.98. The maximum Gasteiger partial charge on any atom is 0.264 e. The molecule has 1 aliphatic heterocycles. The van der Waals surface area contributed by atoms with Gasteiger partial charge in [0.2, 0.25) is 10.0 Å². The number of benzene rings is 3. The summed E-state index contributed by atoms with van der Waals surface area (Å²) in [6.45, 7) is 1.50. The lowest BCUT2D eigenvalue weighted by Crippen LogP contribution is -2.35. The van der Waals surface area contributed by atoms with Gasteiger partial charge in [-0.15, -0.1) is 0 Å². The summed E-state index contributed by atoms with van der Waals surface area (Å²) in [5.74, 6) is 0.718. The minimum Gasteiger partial charge on any atom is -0.497 e. The maximum atomic E-state index is 12.9. The summed E-state index contributed by atoms with van der Waals surface area (Å²) in [6.07, 6.45) is 2.80. The average Bonchev–Trinajstić information content (AvgIpc) is 2.99. The third kappa shape index (κ3) is 6.75. The lowest BCUT2D eigenvalue weighted by Gasteiger charge is -2.25. The molecule has 1 saturated heterocycles. The number of carbonyl (C=O) groups is 1. The van der Waals surface area contributed by atoms with Gasteiger partial charge in [-0.2, -0.15) is 4.31 Å². The van der Waals surface area contributed by atoms with E-state index in [1.807, 2.05) is 0 Å². The molecule has 0 spiro atoms. The molecule has 0 aliphatic carbocycles. The van der Waals surface area contributed by atoms with Crippen LogP contribution in [0.25, 0.3) is 0 Å². The van der Waals surface area contributed by atoms with Crippen molar-refractivity contribution in [2.24, 2.45) is 0 Å². The lowest BCUT2D eigenvalue weighted by atomic mass is 10.2. The van der Waals surface area contributed by atoms with E-state index < -0.39 is 20.0 Å². The first-order valence-corrected chi connectivity index (χ1v) is 15.8. The van der Waals surface area contributed by atoms with Crippen molar-refractivity contribution >= 4 is 31.6 Å². The second-order valence-corrected chi connectivity index (χ2v) is 13.1. The Morgan fingerprint density at radius 3 is 2.00 bits per heavy atom. The number of nitrogens with zero attached hydrogens (tertiary/aromatic N) is 2. The molecule has 0 unspecified atom stereocenters. The van der Waals surface area contributed by atoms with Gasteiger partial charge in [-0.25, -0.2) is 16.8 Å². The Morgan fingerprint density at radius 1 is 0.825 bits per heavy atom. The van der Waals surface area contributed by atoms with Gasteiger partial charge in [0, 0.05) is 25.7 Å². The summed E-state index contributed by atoms with van der Waals surface area (Å²) in [6, 6.07) is 18.6. The molecule has 12 heteroatoms. The Balaban J connectivity index is 1.27. The van der Waals surface area contributed by atoms with Crippen LogP contribution in [0, 0.1) is 0 Å². The second kappa shape index (κ2) is 12.7. The van der Waals surface area contributed by atoms with Crippen LogP contribution in [0.15, 0.2) is 82.6 Å². The average molecular weight is 588 g/mol. The number of rotatable bonds is 11. The summed E-state index contributed by atoms with van der Waals surface area (Å²) in [4.78, 5) is 12.9. The van der Waals surface area contributed by atoms with E-state index in [-0.39, 0.29) is 28.8 Å². The number of nitrogens with one attached hydrogen (secondary N) is 1. The molecule has 1 aliphatic rings. The molecule has 0 saturated carbocycles. The molecular formula is C28H33N3O7S2. The van der Waals surface area contributed by atoms with Crippen LogP contribution < -0.4 is 19.1 Å². The molecule has 214 valence electrons. The number of carbonyl (C=O) groups excluding carboxylic acids is 1. The number of amides is 1. The van der Waals surface area contributed by atoms with Gasteiger partial charge in [0.25, 0.3) is 15.9 Å². The first kappa shape index (κ1) is 29.4. The highest BCUT2D eigenvalue weighted by Gasteiger charge is 2.26. The fraction of sp³-hybridized carbons (Fsp3) is 0.321. The van der Waals surface area contributed by atoms with Crippen molar-refractivity contribution in [3.8, 4) is 11.5 Å². The zero-order valence-electron chi connectivity index (χ0n) is 22.4. The number of sulfonamides is 2. The zero-order chi connectivity index (χ0) is 28.8. The summed E-state index contributed by atoms with van der Waals surface area (Å²) < 4.78 is 64.8. The van der Waals surface area contributed by atoms with Gasteiger partial charge in [-0.05, 0) is 85.6 Å². The number of hydrogen-bond acceptors (Lipinski definition) is 7. The molecule has 4 rings (SSSR count). The Morgan fingerprint density at radius 2 is 1.40 bits per heavy atom. The minimum absolute atomic E-state index is 0.121. The smallest absolute Gasteiger partial charge is 0.264 e. The Kier molecular flexibility index (Phi) is 9.33. The van der Waals surface area contributed by atoms with Gasteiger partial charge in [-0.1, -0.05) is 6.42 Å². The second-order valence-electron chi connectivity index (χ2n) is 9.24. The molecule has 1 N–H and O–H groups in total. The third-order valence-corrected chi connectivity index (χ3v) is 10.4. The van der Waals surface area contributed by atoms with E-state index in [1.165, 1.54) is 42.7 Å². The van der Waals surface area contributed by atoms with E-state index in [2.05, 4.69) is 5.32 Å². The largest absolute Gasteiger partial charge is 0.497 e. The fourth-order valence-electron chi connectivity index (χ4n) is 4.26. The Hall–Kier alpha value is -3.61. The van der Waals surface area contributed by atoms with Crippen molar-refractivity contribution < 1.29 is 31.1 Å². The van der Waals surface area contributed by atoms with E-state index in [0.29, 0.717) is 35.8 Å². The molecule has 40 heavy (non-hydrogen) atoms. The summed E-state index contributed by atoms with van der Waals surface area (Å²) in [5.41, 5.74) is 0.771. The normalized spacial score (nSPS) is 14.3. The van der Waals surface area contributed by atoms with Gasteiger partial charge in [0.1, 0.15) is 18.1 Å². The number of anilines is 1. The van der Waals surface area contributed by atoms with Crippen LogP contribution in [-0.4, -0.2) is 67.4 Å². The van der Waals surface area contributed by atoms with Crippen molar-refractivity contribution in [1.82, 2.24) is 9.62 Å². The lowest BCUT2D eigenvalue weighted by molar-refractivity contribution is 0.0947. The minimum atomic E-state index is -3.79. The number of methoxy groups -OCH3 is 1. The van der Waals surface area contributed by atoms with Crippen LogP contribution in [0.5, 0.6) is 11.5 Å². The van der Waals surface area contributed by atoms with E-state index >= 15 is 0 Å². The summed E-state index contributed by atoms with van der Waals surface area (Å²) in [5, 5.41) is 2.75. The van der Waals surface area contributed by atoms with Gasteiger partial charge in [-0.3, -0.25) is 9.10 Å². The molecule has 0 bridgehead atoms. The monoisotopic (exact) mass is 587 g/mol. The zero-order valence-corrected chi connectivity index (χ0v) is 24.1. The van der Waals surface area contributed by atoms with Crippen molar-refractivity contribution in [2.75, 3.05) is 44.7 Å². The van der Waals surface area contributed by atoms with Crippen LogP contribution in [0.1, 0.15) is 29.6 Å². The van der Waals surface area contributed by atoms with Crippen molar-refractivity contribution in [3.05, 3.63) is 78.4 Å². The number of hydrogen-bond donors (Lipinski definition) is 1. The molecule has 0 atom stereocenters. The molecule has 0 radical (unpaired) electrons. The summed E-state index contributed by atoms with van der Waals surface area (Å²) >= 11 is 0.